The molecule has 22 heavy (non-hydrogen) atoms. The molecule has 0 unspecified atom stereocenters. The van der Waals surface area contributed by atoms with Gasteiger partial charge in [0, 0.05) is 18.0 Å². The summed E-state index contributed by atoms with van der Waals surface area (Å²) in [6.45, 7) is 0. The third kappa shape index (κ3) is 2.83. The Morgan fingerprint density at radius 2 is 2.05 bits per heavy atom. The first-order chi connectivity index (χ1) is 10.7. The zero-order valence-corrected chi connectivity index (χ0v) is 15.2. The van der Waals surface area contributed by atoms with Crippen LogP contribution in [0.4, 0.5) is 0 Å². The molecule has 1 aromatic carbocycles. The lowest BCUT2D eigenvalue weighted by molar-refractivity contribution is -0.150. The van der Waals surface area contributed by atoms with Gasteiger partial charge in [-0.15, -0.1) is 0 Å². The van der Waals surface area contributed by atoms with Gasteiger partial charge in [-0.05, 0) is 47.6 Å². The van der Waals surface area contributed by atoms with E-state index in [1.54, 1.807) is 0 Å². The normalized spacial score (nSPS) is 31.6. The van der Waals surface area contributed by atoms with Crippen molar-refractivity contribution in [3.63, 3.8) is 0 Å². The van der Waals surface area contributed by atoms with E-state index < -0.39 is 0 Å². The highest BCUT2D eigenvalue weighted by molar-refractivity contribution is 14.1. The molecule has 0 amide bonds. The molecule has 0 saturated carbocycles. The summed E-state index contributed by atoms with van der Waals surface area (Å²) in [5.41, 5.74) is 2.47. The number of piperidine rings is 1. The Morgan fingerprint density at radius 1 is 1.32 bits per heavy atom. The first-order valence-electron chi connectivity index (χ1n) is 7.82. The first-order valence-corrected chi connectivity index (χ1v) is 9.06. The molecule has 4 heteroatoms. The SMILES string of the molecule is COC(=O)[C@@H]1[C@H](c2ccc(/C=C\I)cc2)C[C@H]2CC[C@@H]1N2C. The minimum Gasteiger partial charge on any atom is -0.469 e. The predicted molar refractivity (Wildman–Crippen MR) is 96.9 cm³/mol. The number of ether oxygens (including phenoxy) is 1. The van der Waals surface area contributed by atoms with Crippen LogP contribution in [0.15, 0.2) is 28.3 Å². The zero-order valence-electron chi connectivity index (χ0n) is 13.0. The Morgan fingerprint density at radius 3 is 2.68 bits per heavy atom. The Labute approximate surface area is 145 Å². The summed E-state index contributed by atoms with van der Waals surface area (Å²) in [4.78, 5) is 14.8. The van der Waals surface area contributed by atoms with Crippen LogP contribution in [-0.4, -0.2) is 37.1 Å². The van der Waals surface area contributed by atoms with Crippen LogP contribution >= 0.6 is 22.6 Å². The summed E-state index contributed by atoms with van der Waals surface area (Å²) in [6, 6.07) is 9.56. The fourth-order valence-electron chi connectivity index (χ4n) is 4.19. The highest BCUT2D eigenvalue weighted by atomic mass is 127. The van der Waals surface area contributed by atoms with E-state index in [0.717, 1.165) is 12.8 Å². The van der Waals surface area contributed by atoms with Gasteiger partial charge in [-0.3, -0.25) is 9.69 Å². The highest BCUT2D eigenvalue weighted by Gasteiger charge is 2.49. The molecule has 2 fully saturated rings. The smallest absolute Gasteiger partial charge is 0.310 e. The number of hydrogen-bond donors (Lipinski definition) is 0. The largest absolute Gasteiger partial charge is 0.469 e. The molecule has 0 N–H and O–H groups in total. The second kappa shape index (κ2) is 6.71. The van der Waals surface area contributed by atoms with E-state index in [1.165, 1.54) is 24.7 Å². The maximum atomic E-state index is 12.4. The third-order valence-corrected chi connectivity index (χ3v) is 5.72. The van der Waals surface area contributed by atoms with E-state index in [1.807, 2.05) is 4.08 Å². The molecule has 3 nitrogen and oxygen atoms in total. The summed E-state index contributed by atoms with van der Waals surface area (Å²) >= 11 is 2.23. The maximum absolute atomic E-state index is 12.4. The minimum atomic E-state index is -0.0570. The Bertz CT molecular complexity index is 569. The molecule has 0 aliphatic carbocycles. The van der Waals surface area contributed by atoms with Crippen LogP contribution in [0, 0.1) is 5.92 Å². The lowest BCUT2D eigenvalue weighted by Gasteiger charge is -2.41. The fourth-order valence-corrected chi connectivity index (χ4v) is 4.61. The van der Waals surface area contributed by atoms with Crippen LogP contribution in [0.5, 0.6) is 0 Å². The molecule has 2 aliphatic rings. The summed E-state index contributed by atoms with van der Waals surface area (Å²) < 4.78 is 7.14. The summed E-state index contributed by atoms with van der Waals surface area (Å²) in [7, 11) is 3.66. The second-order valence-corrected chi connectivity index (χ2v) is 7.03. The highest BCUT2D eigenvalue weighted by Crippen LogP contribution is 2.46. The van der Waals surface area contributed by atoms with E-state index in [9.17, 15) is 4.79 Å². The summed E-state index contributed by atoms with van der Waals surface area (Å²) in [5.74, 6) is 0.178. The van der Waals surface area contributed by atoms with Crippen molar-refractivity contribution in [1.29, 1.82) is 0 Å². The third-order valence-electron chi connectivity index (χ3n) is 5.36. The number of benzene rings is 1. The number of methoxy groups -OCH3 is 1. The summed E-state index contributed by atoms with van der Waals surface area (Å²) in [6.07, 6.45) is 5.43. The molecule has 1 aromatic rings. The van der Waals surface area contributed by atoms with Gasteiger partial charge in [-0.1, -0.05) is 46.9 Å². The second-order valence-electron chi connectivity index (χ2n) is 6.31. The molecule has 2 bridgehead atoms. The van der Waals surface area contributed by atoms with Gasteiger partial charge in [0.1, 0.15) is 0 Å². The van der Waals surface area contributed by atoms with Gasteiger partial charge >= 0.3 is 5.97 Å². The van der Waals surface area contributed by atoms with Crippen molar-refractivity contribution in [2.24, 2.45) is 5.92 Å². The molecule has 2 aliphatic heterocycles. The maximum Gasteiger partial charge on any atom is 0.310 e. The average Bonchev–Trinajstić information content (AvgIpc) is 2.77. The number of nitrogens with zero attached hydrogens (tertiary/aromatic N) is 1. The van der Waals surface area contributed by atoms with Gasteiger partial charge in [0.05, 0.1) is 13.0 Å². The van der Waals surface area contributed by atoms with E-state index >= 15 is 0 Å². The van der Waals surface area contributed by atoms with E-state index in [0.29, 0.717) is 12.1 Å². The van der Waals surface area contributed by atoms with Crippen molar-refractivity contribution in [3.05, 3.63) is 39.5 Å². The monoisotopic (exact) mass is 411 g/mol. The molecule has 3 rings (SSSR count). The fraction of sp³-hybridized carbons (Fsp3) is 0.500. The first kappa shape index (κ1) is 16.0. The van der Waals surface area contributed by atoms with Gasteiger partial charge in [0.25, 0.3) is 0 Å². The molecule has 0 aromatic heterocycles. The topological polar surface area (TPSA) is 29.5 Å². The van der Waals surface area contributed by atoms with Gasteiger partial charge in [0.15, 0.2) is 0 Å². The lowest BCUT2D eigenvalue weighted by atomic mass is 9.76. The minimum absolute atomic E-state index is 0.0419. The molecule has 0 radical (unpaired) electrons. The van der Waals surface area contributed by atoms with Crippen LogP contribution in [0.25, 0.3) is 6.08 Å². The number of esters is 1. The average molecular weight is 411 g/mol. The molecule has 2 heterocycles. The predicted octanol–water partition coefficient (Wildman–Crippen LogP) is 3.83. The molecule has 118 valence electrons. The van der Waals surface area contributed by atoms with Crippen molar-refractivity contribution >= 4 is 34.6 Å². The Balaban J connectivity index is 1.91. The van der Waals surface area contributed by atoms with Crippen LogP contribution in [0.2, 0.25) is 0 Å². The molecular weight excluding hydrogens is 389 g/mol. The van der Waals surface area contributed by atoms with Crippen LogP contribution in [-0.2, 0) is 9.53 Å². The van der Waals surface area contributed by atoms with Crippen LogP contribution < -0.4 is 0 Å². The van der Waals surface area contributed by atoms with E-state index in [4.69, 9.17) is 4.74 Å². The quantitative estimate of drug-likeness (QED) is 0.560. The number of halogens is 1. The lowest BCUT2D eigenvalue weighted by Crippen LogP contribution is -2.49. The van der Waals surface area contributed by atoms with Crippen molar-refractivity contribution in [2.75, 3.05) is 14.2 Å². The van der Waals surface area contributed by atoms with Crippen LogP contribution in [0.3, 0.4) is 0 Å². The zero-order chi connectivity index (χ0) is 15.7. The van der Waals surface area contributed by atoms with Gasteiger partial charge in [-0.25, -0.2) is 0 Å². The van der Waals surface area contributed by atoms with Crippen molar-refractivity contribution in [1.82, 2.24) is 4.90 Å². The van der Waals surface area contributed by atoms with Gasteiger partial charge in [0.2, 0.25) is 0 Å². The van der Waals surface area contributed by atoms with Crippen molar-refractivity contribution < 1.29 is 9.53 Å². The standard InChI is InChI=1S/C18H22INO2/c1-20-14-7-8-16(20)17(18(21)22-2)15(11-14)13-5-3-12(4-6-13)9-10-19/h3-6,9-10,14-17H,7-8,11H2,1-2H3/b10-9-/t14-,15+,16+,17-/m1/s1. The molecule has 4 atom stereocenters. The number of carbonyl (C=O) groups is 1. The van der Waals surface area contributed by atoms with E-state index in [-0.39, 0.29) is 17.8 Å². The number of carbonyl (C=O) groups excluding carboxylic acids is 1. The molecule has 0 spiro atoms. The van der Waals surface area contributed by atoms with Crippen LogP contribution in [0.1, 0.15) is 36.3 Å². The summed E-state index contributed by atoms with van der Waals surface area (Å²) in [5, 5.41) is 0. The van der Waals surface area contributed by atoms with Gasteiger partial charge < -0.3 is 4.74 Å². The Hall–Kier alpha value is -0.880. The van der Waals surface area contributed by atoms with Crippen molar-refractivity contribution in [3.8, 4) is 0 Å². The number of rotatable bonds is 3. The van der Waals surface area contributed by atoms with Crippen molar-refractivity contribution in [2.45, 2.75) is 37.3 Å². The van der Waals surface area contributed by atoms with Gasteiger partial charge in [-0.2, -0.15) is 0 Å². The number of hydrogen-bond acceptors (Lipinski definition) is 3. The molecule has 2 saturated heterocycles. The molecular formula is C18H22INO2. The van der Waals surface area contributed by atoms with E-state index in [2.05, 4.69) is 64.9 Å². The Kier molecular flexibility index (Phi) is 4.88. The number of fused-ring (bicyclic) bond motifs is 2.